The molecule has 120 valence electrons. The SMILES string of the molecule is COc1cc2oc3c(=O)c4ccccc4c(=O)c=3oc2cc1OC. The first-order valence-corrected chi connectivity index (χ1v) is 7.18. The average molecular weight is 324 g/mol. The van der Waals surface area contributed by atoms with Crippen molar-refractivity contribution < 1.29 is 18.3 Å². The molecule has 0 saturated heterocycles. The fraction of sp³-hybridized carbons (Fsp3) is 0.111. The number of methoxy groups -OCH3 is 2. The van der Waals surface area contributed by atoms with Crippen LogP contribution < -0.4 is 20.3 Å². The molecule has 24 heavy (non-hydrogen) atoms. The topological polar surface area (TPSA) is 78.9 Å². The van der Waals surface area contributed by atoms with E-state index in [1.54, 1.807) is 36.4 Å². The highest BCUT2D eigenvalue weighted by molar-refractivity contribution is 5.82. The van der Waals surface area contributed by atoms with Crippen LogP contribution in [0.2, 0.25) is 0 Å². The molecule has 1 aliphatic heterocycles. The van der Waals surface area contributed by atoms with Crippen LogP contribution in [0.25, 0.3) is 21.9 Å². The molecule has 0 atom stereocenters. The molecule has 0 amide bonds. The zero-order chi connectivity index (χ0) is 16.8. The Morgan fingerprint density at radius 2 is 1.17 bits per heavy atom. The van der Waals surface area contributed by atoms with Gasteiger partial charge in [0.05, 0.1) is 14.2 Å². The summed E-state index contributed by atoms with van der Waals surface area (Å²) >= 11 is 0. The molecule has 0 aromatic heterocycles. The molecule has 1 heterocycles. The molecule has 2 aromatic carbocycles. The molecule has 4 rings (SSSR count). The largest absolute Gasteiger partial charge is 0.493 e. The lowest BCUT2D eigenvalue weighted by molar-refractivity contribution is 0.353. The van der Waals surface area contributed by atoms with Gasteiger partial charge in [0.2, 0.25) is 21.7 Å². The summed E-state index contributed by atoms with van der Waals surface area (Å²) < 4.78 is 21.8. The van der Waals surface area contributed by atoms with Gasteiger partial charge in [0.15, 0.2) is 22.7 Å². The van der Waals surface area contributed by atoms with Crippen LogP contribution in [0.15, 0.2) is 54.8 Å². The van der Waals surface area contributed by atoms with Gasteiger partial charge < -0.3 is 18.3 Å². The Bertz CT molecular complexity index is 1170. The second-order valence-electron chi connectivity index (χ2n) is 5.22. The average Bonchev–Trinajstić information content (AvgIpc) is 2.63. The molecule has 1 aliphatic carbocycles. The second kappa shape index (κ2) is 5.13. The van der Waals surface area contributed by atoms with Crippen LogP contribution in [0.1, 0.15) is 0 Å². The maximum Gasteiger partial charge on any atom is 0.233 e. The highest BCUT2D eigenvalue weighted by Gasteiger charge is 2.15. The van der Waals surface area contributed by atoms with Gasteiger partial charge in [-0.1, -0.05) is 24.3 Å². The Morgan fingerprint density at radius 1 is 0.750 bits per heavy atom. The van der Waals surface area contributed by atoms with Crippen molar-refractivity contribution >= 4 is 21.9 Å². The molecule has 0 saturated carbocycles. The number of hydrogen-bond acceptors (Lipinski definition) is 6. The third kappa shape index (κ3) is 1.89. The Kier molecular flexibility index (Phi) is 3.06. The molecule has 0 bridgehead atoms. The van der Waals surface area contributed by atoms with E-state index >= 15 is 0 Å². The monoisotopic (exact) mass is 324 g/mol. The quantitative estimate of drug-likeness (QED) is 0.564. The summed E-state index contributed by atoms with van der Waals surface area (Å²) in [7, 11) is 2.98. The van der Waals surface area contributed by atoms with Crippen molar-refractivity contribution in [1.82, 2.24) is 0 Å². The predicted molar refractivity (Wildman–Crippen MR) is 86.9 cm³/mol. The van der Waals surface area contributed by atoms with Crippen molar-refractivity contribution in [2.75, 3.05) is 14.2 Å². The van der Waals surface area contributed by atoms with Crippen molar-refractivity contribution in [2.45, 2.75) is 0 Å². The van der Waals surface area contributed by atoms with Gasteiger partial charge in [-0.2, -0.15) is 0 Å². The van der Waals surface area contributed by atoms with Gasteiger partial charge in [-0.25, -0.2) is 0 Å². The highest BCUT2D eigenvalue weighted by atomic mass is 16.5. The number of fused-ring (bicyclic) bond motifs is 2. The van der Waals surface area contributed by atoms with E-state index in [-0.39, 0.29) is 32.9 Å². The van der Waals surface area contributed by atoms with Gasteiger partial charge >= 0.3 is 0 Å². The molecule has 6 nitrogen and oxygen atoms in total. The number of rotatable bonds is 2. The maximum atomic E-state index is 12.6. The lowest BCUT2D eigenvalue weighted by atomic mass is 10.1. The van der Waals surface area contributed by atoms with Crippen LogP contribution in [0.3, 0.4) is 0 Å². The standard InChI is InChI=1S/C18H12O6/c1-21-11-7-13-14(8-12(11)22-2)24-18-16(20)10-6-4-3-5-9(10)15(19)17(18)23-13/h3-8H,1-2H3. The maximum absolute atomic E-state index is 12.6. The summed E-state index contributed by atoms with van der Waals surface area (Å²) in [5, 5.41) is 0.600. The molecule has 0 radical (unpaired) electrons. The minimum atomic E-state index is -0.388. The third-order valence-electron chi connectivity index (χ3n) is 3.91. The predicted octanol–water partition coefficient (Wildman–Crippen LogP) is 2.64. The van der Waals surface area contributed by atoms with E-state index in [9.17, 15) is 9.59 Å². The van der Waals surface area contributed by atoms with E-state index in [2.05, 4.69) is 0 Å². The Morgan fingerprint density at radius 3 is 1.54 bits per heavy atom. The summed E-state index contributed by atoms with van der Waals surface area (Å²) in [6, 6.07) is 9.67. The normalized spacial score (nSPS) is 11.2. The van der Waals surface area contributed by atoms with E-state index in [1.165, 1.54) is 14.2 Å². The van der Waals surface area contributed by atoms with Crippen molar-refractivity contribution in [3.8, 4) is 11.5 Å². The third-order valence-corrected chi connectivity index (χ3v) is 3.91. The van der Waals surface area contributed by atoms with Gasteiger partial charge in [0.1, 0.15) is 0 Å². The van der Waals surface area contributed by atoms with E-state index in [1.807, 2.05) is 0 Å². The molecule has 0 unspecified atom stereocenters. The van der Waals surface area contributed by atoms with Gasteiger partial charge in [-0.15, -0.1) is 0 Å². The van der Waals surface area contributed by atoms with Crippen molar-refractivity contribution in [3.05, 3.63) is 67.7 Å². The Hall–Kier alpha value is -3.28. The summed E-state index contributed by atoms with van der Waals surface area (Å²) in [6.07, 6.45) is 0. The second-order valence-corrected chi connectivity index (χ2v) is 5.22. The van der Waals surface area contributed by atoms with E-state index in [0.717, 1.165) is 0 Å². The molecule has 0 N–H and O–H groups in total. The molecule has 0 fully saturated rings. The summed E-state index contributed by atoms with van der Waals surface area (Å²) in [4.78, 5) is 25.2. The minimum Gasteiger partial charge on any atom is -0.493 e. The molecule has 0 spiro atoms. The van der Waals surface area contributed by atoms with Crippen LogP contribution >= 0.6 is 0 Å². The van der Waals surface area contributed by atoms with Gasteiger partial charge in [0, 0.05) is 22.9 Å². The van der Waals surface area contributed by atoms with Crippen LogP contribution in [-0.4, -0.2) is 14.2 Å². The lowest BCUT2D eigenvalue weighted by Crippen LogP contribution is -2.14. The fourth-order valence-corrected chi connectivity index (χ4v) is 2.74. The number of ether oxygens (including phenoxy) is 2. The first-order chi connectivity index (χ1) is 11.6. The van der Waals surface area contributed by atoms with Crippen LogP contribution in [0, 0.1) is 10.8 Å². The number of benzene rings is 2. The molecular formula is C18H12O6. The van der Waals surface area contributed by atoms with Gasteiger partial charge in [-0.3, -0.25) is 9.59 Å². The fourth-order valence-electron chi connectivity index (χ4n) is 2.74. The van der Waals surface area contributed by atoms with Crippen LogP contribution in [-0.2, 0) is 0 Å². The molecule has 6 heteroatoms. The Labute approximate surface area is 134 Å². The smallest absolute Gasteiger partial charge is 0.233 e. The summed E-state index contributed by atoms with van der Waals surface area (Å²) in [5.41, 5.74) is -0.433. The zero-order valence-electron chi connectivity index (χ0n) is 12.9. The first kappa shape index (κ1) is 14.3. The van der Waals surface area contributed by atoms with Gasteiger partial charge in [0.25, 0.3) is 0 Å². The van der Waals surface area contributed by atoms with Crippen LogP contribution in [0.5, 0.6) is 11.5 Å². The van der Waals surface area contributed by atoms with Crippen molar-refractivity contribution in [2.24, 2.45) is 0 Å². The molecular weight excluding hydrogens is 312 g/mol. The molecule has 2 aliphatic rings. The van der Waals surface area contributed by atoms with Crippen molar-refractivity contribution in [3.63, 3.8) is 0 Å². The minimum absolute atomic E-state index is 0.113. The molecule has 2 aromatic rings. The first-order valence-electron chi connectivity index (χ1n) is 7.18. The van der Waals surface area contributed by atoms with Crippen LogP contribution in [0.4, 0.5) is 0 Å². The van der Waals surface area contributed by atoms with E-state index in [4.69, 9.17) is 18.3 Å². The summed E-state index contributed by atoms with van der Waals surface area (Å²) in [6.45, 7) is 0. The highest BCUT2D eigenvalue weighted by Crippen LogP contribution is 2.32. The number of hydrogen-bond donors (Lipinski definition) is 0. The van der Waals surface area contributed by atoms with Gasteiger partial charge in [-0.05, 0) is 0 Å². The summed E-state index contributed by atoms with van der Waals surface area (Å²) in [5.74, 6) is 0.859. The van der Waals surface area contributed by atoms with Crippen molar-refractivity contribution in [1.29, 1.82) is 0 Å². The lowest BCUT2D eigenvalue weighted by Gasteiger charge is -2.08. The van der Waals surface area contributed by atoms with E-state index < -0.39 is 0 Å². The Balaban J connectivity index is 2.27. The van der Waals surface area contributed by atoms with E-state index in [0.29, 0.717) is 22.3 Å². The zero-order valence-corrected chi connectivity index (χ0v) is 12.9.